The first kappa shape index (κ1) is 16.8. The quantitative estimate of drug-likeness (QED) is 0.806. The first-order valence-electron chi connectivity index (χ1n) is 7.21. The van der Waals surface area contributed by atoms with Gasteiger partial charge in [-0.3, -0.25) is 4.79 Å². The van der Waals surface area contributed by atoms with Gasteiger partial charge in [0.1, 0.15) is 5.75 Å². The molecule has 2 rings (SSSR count). The number of benzene rings is 1. The second-order valence-corrected chi connectivity index (χ2v) is 5.24. The van der Waals surface area contributed by atoms with Crippen molar-refractivity contribution < 1.29 is 24.2 Å². The minimum absolute atomic E-state index is 0.128. The second kappa shape index (κ2) is 7.61. The number of rotatable bonds is 6. The molecule has 1 amide bonds. The minimum atomic E-state index is -0.932. The Labute approximate surface area is 134 Å². The van der Waals surface area contributed by atoms with Crippen molar-refractivity contribution >= 4 is 11.9 Å². The van der Waals surface area contributed by atoms with Gasteiger partial charge in [-0.05, 0) is 24.1 Å². The lowest BCUT2D eigenvalue weighted by Crippen LogP contribution is -2.28. The number of hydrogen-bond acceptors (Lipinski definition) is 5. The third-order valence-electron chi connectivity index (χ3n) is 3.71. The summed E-state index contributed by atoms with van der Waals surface area (Å²) in [7, 11) is 1.46. The SMILES string of the molecule is COc1cc(CO[C@@H]2CCN(C(=O)O)C2)ccc1C(=O)CC#N. The van der Waals surface area contributed by atoms with Crippen LogP contribution in [0, 0.1) is 11.3 Å². The molecule has 0 bridgehead atoms. The average molecular weight is 318 g/mol. The van der Waals surface area contributed by atoms with Gasteiger partial charge < -0.3 is 19.5 Å². The number of Topliss-reactive ketones (excluding diaryl/α,β-unsaturated/α-hetero) is 1. The number of methoxy groups -OCH3 is 1. The lowest BCUT2D eigenvalue weighted by molar-refractivity contribution is 0.0465. The van der Waals surface area contributed by atoms with Crippen LogP contribution in [0.2, 0.25) is 0 Å². The van der Waals surface area contributed by atoms with E-state index in [9.17, 15) is 9.59 Å². The molecule has 1 atom stereocenters. The van der Waals surface area contributed by atoms with Crippen LogP contribution >= 0.6 is 0 Å². The molecule has 1 saturated heterocycles. The number of amides is 1. The number of ether oxygens (including phenoxy) is 2. The fourth-order valence-electron chi connectivity index (χ4n) is 2.47. The molecule has 0 saturated carbocycles. The predicted octanol–water partition coefficient (Wildman–Crippen LogP) is 2.06. The number of carbonyl (C=O) groups is 2. The number of hydrogen-bond donors (Lipinski definition) is 1. The van der Waals surface area contributed by atoms with Crippen molar-refractivity contribution in [2.75, 3.05) is 20.2 Å². The first-order chi connectivity index (χ1) is 11.0. The number of carboxylic acid groups (broad SMARTS) is 1. The van der Waals surface area contributed by atoms with Gasteiger partial charge in [0.15, 0.2) is 5.78 Å². The van der Waals surface area contributed by atoms with Gasteiger partial charge in [-0.2, -0.15) is 5.26 Å². The van der Waals surface area contributed by atoms with Crippen LogP contribution in [0.25, 0.3) is 0 Å². The number of ketones is 1. The van der Waals surface area contributed by atoms with E-state index in [0.29, 0.717) is 37.4 Å². The smallest absolute Gasteiger partial charge is 0.407 e. The van der Waals surface area contributed by atoms with Crippen LogP contribution in [-0.2, 0) is 11.3 Å². The summed E-state index contributed by atoms with van der Waals surface area (Å²) >= 11 is 0. The highest BCUT2D eigenvalue weighted by Gasteiger charge is 2.26. The van der Waals surface area contributed by atoms with Crippen LogP contribution < -0.4 is 4.74 Å². The van der Waals surface area contributed by atoms with Gasteiger partial charge >= 0.3 is 6.09 Å². The molecule has 1 aliphatic heterocycles. The van der Waals surface area contributed by atoms with Crippen molar-refractivity contribution in [2.45, 2.75) is 25.6 Å². The van der Waals surface area contributed by atoms with Crippen LogP contribution in [0.15, 0.2) is 18.2 Å². The van der Waals surface area contributed by atoms with Crippen molar-refractivity contribution in [3.63, 3.8) is 0 Å². The Morgan fingerprint density at radius 2 is 2.26 bits per heavy atom. The maximum absolute atomic E-state index is 11.8. The topological polar surface area (TPSA) is 99.9 Å². The van der Waals surface area contributed by atoms with Gasteiger partial charge in [0, 0.05) is 6.54 Å². The summed E-state index contributed by atoms with van der Waals surface area (Å²) < 4.78 is 10.9. The summed E-state index contributed by atoms with van der Waals surface area (Å²) in [4.78, 5) is 24.0. The van der Waals surface area contributed by atoms with Crippen molar-refractivity contribution in [2.24, 2.45) is 0 Å². The zero-order valence-electron chi connectivity index (χ0n) is 12.8. The molecule has 122 valence electrons. The number of nitriles is 1. The standard InChI is InChI=1S/C16H18N2O5/c1-22-15-8-11(2-3-13(15)14(19)4-6-17)10-23-12-5-7-18(9-12)16(20)21/h2-3,8,12H,4-5,7,9-10H2,1H3,(H,20,21)/t12-/m1/s1. The fourth-order valence-corrected chi connectivity index (χ4v) is 2.47. The van der Waals surface area contributed by atoms with Crippen LogP contribution in [0.3, 0.4) is 0 Å². The Hall–Kier alpha value is -2.59. The average Bonchev–Trinajstić information content (AvgIpc) is 3.02. The van der Waals surface area contributed by atoms with Gasteiger partial charge in [-0.1, -0.05) is 6.07 Å². The Morgan fingerprint density at radius 3 is 2.87 bits per heavy atom. The van der Waals surface area contributed by atoms with E-state index in [-0.39, 0.29) is 18.3 Å². The summed E-state index contributed by atoms with van der Waals surface area (Å²) in [5.74, 6) is 0.120. The molecule has 0 aromatic heterocycles. The molecular formula is C16H18N2O5. The van der Waals surface area contributed by atoms with E-state index in [4.69, 9.17) is 19.8 Å². The van der Waals surface area contributed by atoms with E-state index in [1.807, 2.05) is 6.07 Å². The molecule has 1 aromatic rings. The molecule has 1 aromatic carbocycles. The zero-order valence-corrected chi connectivity index (χ0v) is 12.8. The maximum atomic E-state index is 11.8. The van der Waals surface area contributed by atoms with Crippen LogP contribution in [-0.4, -0.2) is 48.2 Å². The van der Waals surface area contributed by atoms with E-state index in [2.05, 4.69) is 0 Å². The highest BCUT2D eigenvalue weighted by atomic mass is 16.5. The summed E-state index contributed by atoms with van der Waals surface area (Å²) in [5.41, 5.74) is 1.19. The largest absolute Gasteiger partial charge is 0.496 e. The van der Waals surface area contributed by atoms with Gasteiger partial charge in [0.25, 0.3) is 0 Å². The van der Waals surface area contributed by atoms with E-state index in [1.165, 1.54) is 12.0 Å². The van der Waals surface area contributed by atoms with Gasteiger partial charge in [0.05, 0.1) is 44.4 Å². The van der Waals surface area contributed by atoms with Crippen molar-refractivity contribution in [1.82, 2.24) is 4.90 Å². The maximum Gasteiger partial charge on any atom is 0.407 e. The summed E-state index contributed by atoms with van der Waals surface area (Å²) in [6, 6.07) is 6.90. The van der Waals surface area contributed by atoms with Crippen LogP contribution in [0.1, 0.15) is 28.8 Å². The van der Waals surface area contributed by atoms with Gasteiger partial charge in [-0.15, -0.1) is 0 Å². The van der Waals surface area contributed by atoms with E-state index >= 15 is 0 Å². The summed E-state index contributed by atoms with van der Waals surface area (Å²) in [6.07, 6.45) is -0.586. The first-order valence-corrected chi connectivity index (χ1v) is 7.21. The Balaban J connectivity index is 1.98. The van der Waals surface area contributed by atoms with E-state index in [0.717, 1.165) is 5.56 Å². The molecule has 23 heavy (non-hydrogen) atoms. The summed E-state index contributed by atoms with van der Waals surface area (Å²) in [5, 5.41) is 17.5. The Bertz CT molecular complexity index is 638. The van der Waals surface area contributed by atoms with E-state index in [1.54, 1.807) is 18.2 Å². The minimum Gasteiger partial charge on any atom is -0.496 e. The molecule has 1 aliphatic rings. The predicted molar refractivity (Wildman–Crippen MR) is 80.3 cm³/mol. The number of nitrogens with zero attached hydrogens (tertiary/aromatic N) is 2. The van der Waals surface area contributed by atoms with Crippen molar-refractivity contribution in [1.29, 1.82) is 5.26 Å². The molecule has 0 spiro atoms. The van der Waals surface area contributed by atoms with Crippen molar-refractivity contribution in [3.8, 4) is 11.8 Å². The third-order valence-corrected chi connectivity index (χ3v) is 3.71. The lowest BCUT2D eigenvalue weighted by Gasteiger charge is -2.14. The van der Waals surface area contributed by atoms with Gasteiger partial charge in [0.2, 0.25) is 0 Å². The Morgan fingerprint density at radius 1 is 1.48 bits per heavy atom. The molecule has 0 unspecified atom stereocenters. The van der Waals surface area contributed by atoms with E-state index < -0.39 is 6.09 Å². The molecule has 0 radical (unpaired) electrons. The molecule has 7 heteroatoms. The third kappa shape index (κ3) is 4.20. The molecule has 1 N–H and O–H groups in total. The fraction of sp³-hybridized carbons (Fsp3) is 0.438. The molecule has 1 heterocycles. The van der Waals surface area contributed by atoms with Crippen LogP contribution in [0.4, 0.5) is 4.79 Å². The van der Waals surface area contributed by atoms with Gasteiger partial charge in [-0.25, -0.2) is 4.79 Å². The normalized spacial score (nSPS) is 16.9. The molecule has 7 nitrogen and oxygen atoms in total. The monoisotopic (exact) mass is 318 g/mol. The van der Waals surface area contributed by atoms with Crippen molar-refractivity contribution in [3.05, 3.63) is 29.3 Å². The van der Waals surface area contributed by atoms with Crippen LogP contribution in [0.5, 0.6) is 5.75 Å². The Kier molecular flexibility index (Phi) is 5.55. The molecular weight excluding hydrogens is 300 g/mol. The highest BCUT2D eigenvalue weighted by molar-refractivity contribution is 5.99. The number of likely N-dealkylation sites (tertiary alicyclic amines) is 1. The lowest BCUT2D eigenvalue weighted by atomic mass is 10.1. The second-order valence-electron chi connectivity index (χ2n) is 5.24. The number of carbonyl (C=O) groups excluding carboxylic acids is 1. The zero-order chi connectivity index (χ0) is 16.8. The summed E-state index contributed by atoms with van der Waals surface area (Å²) in [6.45, 7) is 1.15. The molecule has 0 aliphatic carbocycles. The molecule has 1 fully saturated rings. The highest BCUT2D eigenvalue weighted by Crippen LogP contribution is 2.23.